The van der Waals surface area contributed by atoms with Crippen LogP contribution in [-0.2, 0) is 4.74 Å². The molecule has 0 aromatic carbocycles. The predicted octanol–water partition coefficient (Wildman–Crippen LogP) is 4.06. The monoisotopic (exact) mass is 242 g/mol. The van der Waals surface area contributed by atoms with Gasteiger partial charge in [-0.25, -0.2) is 4.79 Å². The molecule has 0 aromatic heterocycles. The van der Waals surface area contributed by atoms with Crippen LogP contribution in [0.5, 0.6) is 0 Å². The van der Waals surface area contributed by atoms with E-state index in [0.29, 0.717) is 5.56 Å². The molecule has 2 heteroatoms. The van der Waals surface area contributed by atoms with Gasteiger partial charge in [0.1, 0.15) is 5.60 Å². The third-order valence-corrected chi connectivity index (χ3v) is 2.69. The summed E-state index contributed by atoms with van der Waals surface area (Å²) in [6.07, 6.45) is 0. The third kappa shape index (κ3) is 2.70. The van der Waals surface area contributed by atoms with Crippen LogP contribution in [0.15, 0.2) is 36.4 Å². The quantitative estimate of drug-likeness (QED) is 0.705. The molecule has 2 aliphatic carbocycles. The lowest BCUT2D eigenvalue weighted by Gasteiger charge is -2.19. The van der Waals surface area contributed by atoms with Crippen molar-refractivity contribution in [2.24, 2.45) is 0 Å². The van der Waals surface area contributed by atoms with E-state index in [-0.39, 0.29) is 5.97 Å². The van der Waals surface area contributed by atoms with E-state index in [1.165, 1.54) is 5.56 Å². The molecular formula is C16H18O2. The Hall–Kier alpha value is -1.83. The molecule has 0 fully saturated rings. The number of rotatable bonds is 1. The first-order valence-corrected chi connectivity index (χ1v) is 6.09. The van der Waals surface area contributed by atoms with Crippen LogP contribution >= 0.6 is 0 Å². The lowest BCUT2D eigenvalue weighted by atomic mass is 10.1. The highest BCUT2D eigenvalue weighted by Crippen LogP contribution is 2.28. The second kappa shape index (κ2) is 4.45. The fraction of sp³-hybridized carbons (Fsp3) is 0.312. The second-order valence-electron chi connectivity index (χ2n) is 5.53. The summed E-state index contributed by atoms with van der Waals surface area (Å²) in [5.74, 6) is -0.263. The Bertz CT molecular complexity index is 550. The zero-order valence-corrected chi connectivity index (χ0v) is 11.3. The Morgan fingerprint density at radius 3 is 2.28 bits per heavy atom. The van der Waals surface area contributed by atoms with Crippen molar-refractivity contribution in [1.82, 2.24) is 0 Å². The highest BCUT2D eigenvalue weighted by Gasteiger charge is 2.21. The molecule has 2 rings (SSSR count). The summed E-state index contributed by atoms with van der Waals surface area (Å²) < 4.78 is 5.41. The first kappa shape index (κ1) is 12.6. The second-order valence-corrected chi connectivity index (χ2v) is 5.53. The molecule has 0 bridgehead atoms. The molecule has 0 saturated carbocycles. The maximum Gasteiger partial charge on any atom is 0.339 e. The molecule has 0 atom stereocenters. The minimum Gasteiger partial charge on any atom is -0.456 e. The Kier molecular flexibility index (Phi) is 3.12. The van der Waals surface area contributed by atoms with Gasteiger partial charge >= 0.3 is 5.97 Å². The molecule has 0 spiro atoms. The zero-order chi connectivity index (χ0) is 13.3. The normalized spacial score (nSPS) is 11.6. The summed E-state index contributed by atoms with van der Waals surface area (Å²) in [4.78, 5) is 12.1. The Morgan fingerprint density at radius 2 is 1.61 bits per heavy atom. The van der Waals surface area contributed by atoms with Crippen LogP contribution in [0.2, 0.25) is 0 Å². The van der Waals surface area contributed by atoms with E-state index < -0.39 is 5.60 Å². The van der Waals surface area contributed by atoms with Crippen molar-refractivity contribution in [2.45, 2.75) is 33.3 Å². The van der Waals surface area contributed by atoms with Crippen molar-refractivity contribution >= 4 is 5.97 Å². The van der Waals surface area contributed by atoms with Gasteiger partial charge in [0.15, 0.2) is 0 Å². The van der Waals surface area contributed by atoms with Gasteiger partial charge in [0.25, 0.3) is 0 Å². The first-order chi connectivity index (χ1) is 8.37. The number of hydrogen-bond donors (Lipinski definition) is 0. The van der Waals surface area contributed by atoms with Crippen LogP contribution in [0.1, 0.15) is 36.7 Å². The number of hydrogen-bond acceptors (Lipinski definition) is 2. The largest absolute Gasteiger partial charge is 0.456 e. The van der Waals surface area contributed by atoms with E-state index >= 15 is 0 Å². The maximum absolute atomic E-state index is 12.1. The Balaban J connectivity index is 2.40. The van der Waals surface area contributed by atoms with Gasteiger partial charge in [-0.1, -0.05) is 35.9 Å². The van der Waals surface area contributed by atoms with Crippen molar-refractivity contribution in [3.63, 3.8) is 0 Å². The number of fused-ring (bicyclic) bond motifs is 1. The topological polar surface area (TPSA) is 26.3 Å². The molecule has 94 valence electrons. The lowest BCUT2D eigenvalue weighted by Crippen LogP contribution is -2.23. The number of aryl methyl sites for hydroxylation is 1. The van der Waals surface area contributed by atoms with E-state index in [9.17, 15) is 4.79 Å². The summed E-state index contributed by atoms with van der Waals surface area (Å²) in [5.41, 5.74) is 3.34. The average Bonchev–Trinajstić information content (AvgIpc) is 2.56. The molecular weight excluding hydrogens is 224 g/mol. The van der Waals surface area contributed by atoms with Gasteiger partial charge in [-0.2, -0.15) is 0 Å². The number of carbonyl (C=O) groups is 1. The SMILES string of the molecule is Cc1ccc2ccc(C(=O)OC(C)(C)C)c-2cc1. The van der Waals surface area contributed by atoms with Gasteiger partial charge in [0, 0.05) is 0 Å². The molecule has 0 saturated heterocycles. The number of esters is 1. The standard InChI is InChI=1S/C16H18O2/c1-11-5-7-12-8-10-14(13(12)9-6-11)15(17)18-16(2,3)4/h5-10H,1-4H3. The van der Waals surface area contributed by atoms with Crippen LogP contribution in [-0.4, -0.2) is 11.6 Å². The predicted molar refractivity (Wildman–Crippen MR) is 73.0 cm³/mol. The van der Waals surface area contributed by atoms with E-state index in [0.717, 1.165) is 11.1 Å². The van der Waals surface area contributed by atoms with E-state index in [1.54, 1.807) is 0 Å². The van der Waals surface area contributed by atoms with Crippen LogP contribution < -0.4 is 0 Å². The van der Waals surface area contributed by atoms with Crippen molar-refractivity contribution in [3.05, 3.63) is 47.5 Å². The minimum atomic E-state index is -0.465. The lowest BCUT2D eigenvalue weighted by molar-refractivity contribution is 0.00709. The maximum atomic E-state index is 12.1. The highest BCUT2D eigenvalue weighted by molar-refractivity contribution is 5.99. The number of ether oxygens (including phenoxy) is 1. The zero-order valence-electron chi connectivity index (χ0n) is 11.3. The average molecular weight is 242 g/mol. The molecule has 2 aliphatic rings. The molecule has 0 aromatic rings. The summed E-state index contributed by atoms with van der Waals surface area (Å²) in [7, 11) is 0. The van der Waals surface area contributed by atoms with E-state index in [4.69, 9.17) is 4.74 Å². The molecule has 0 radical (unpaired) electrons. The van der Waals surface area contributed by atoms with Gasteiger partial charge in [0.05, 0.1) is 5.56 Å². The van der Waals surface area contributed by atoms with Crippen molar-refractivity contribution < 1.29 is 9.53 Å². The van der Waals surface area contributed by atoms with Gasteiger partial charge in [0.2, 0.25) is 0 Å². The Labute approximate surface area is 108 Å². The summed E-state index contributed by atoms with van der Waals surface area (Å²) in [6.45, 7) is 7.66. The van der Waals surface area contributed by atoms with Gasteiger partial charge in [-0.3, -0.25) is 0 Å². The van der Waals surface area contributed by atoms with Crippen LogP contribution in [0.4, 0.5) is 0 Å². The summed E-state index contributed by atoms with van der Waals surface area (Å²) in [5, 5.41) is 0. The van der Waals surface area contributed by atoms with Gasteiger partial charge in [-0.15, -0.1) is 0 Å². The van der Waals surface area contributed by atoms with Crippen molar-refractivity contribution in [3.8, 4) is 11.1 Å². The first-order valence-electron chi connectivity index (χ1n) is 6.09. The van der Waals surface area contributed by atoms with Crippen LogP contribution in [0.25, 0.3) is 11.1 Å². The highest BCUT2D eigenvalue weighted by atomic mass is 16.6. The van der Waals surface area contributed by atoms with Crippen molar-refractivity contribution in [2.75, 3.05) is 0 Å². The van der Waals surface area contributed by atoms with Crippen molar-refractivity contribution in [1.29, 1.82) is 0 Å². The van der Waals surface area contributed by atoms with Crippen LogP contribution in [0, 0.1) is 6.92 Å². The van der Waals surface area contributed by atoms with Gasteiger partial charge < -0.3 is 4.74 Å². The molecule has 0 aliphatic heterocycles. The summed E-state index contributed by atoms with van der Waals surface area (Å²) in [6, 6.07) is 11.8. The molecule has 0 N–H and O–H groups in total. The molecule has 18 heavy (non-hydrogen) atoms. The molecule has 0 unspecified atom stereocenters. The fourth-order valence-corrected chi connectivity index (χ4v) is 1.84. The molecule has 0 heterocycles. The number of carbonyl (C=O) groups excluding carboxylic acids is 1. The smallest absolute Gasteiger partial charge is 0.339 e. The third-order valence-electron chi connectivity index (χ3n) is 2.69. The molecule has 2 nitrogen and oxygen atoms in total. The minimum absolute atomic E-state index is 0.263. The van der Waals surface area contributed by atoms with Gasteiger partial charge in [-0.05, 0) is 44.9 Å². The Morgan fingerprint density at radius 1 is 1.00 bits per heavy atom. The molecule has 0 amide bonds. The van der Waals surface area contributed by atoms with E-state index in [2.05, 4.69) is 0 Å². The fourth-order valence-electron chi connectivity index (χ4n) is 1.84. The van der Waals surface area contributed by atoms with E-state index in [1.807, 2.05) is 64.1 Å². The van der Waals surface area contributed by atoms with Crippen LogP contribution in [0.3, 0.4) is 0 Å². The summed E-state index contributed by atoms with van der Waals surface area (Å²) >= 11 is 0.